The molecular weight excluding hydrogens is 355 g/mol. The van der Waals surface area contributed by atoms with Crippen molar-refractivity contribution in [3.05, 3.63) is 57.6 Å². The second-order valence-electron chi connectivity index (χ2n) is 4.42. The summed E-state index contributed by atoms with van der Waals surface area (Å²) in [6.45, 7) is 0. The first-order valence-corrected chi connectivity index (χ1v) is 7.70. The van der Waals surface area contributed by atoms with Crippen molar-refractivity contribution in [2.75, 3.05) is 11.1 Å². The van der Waals surface area contributed by atoms with Crippen molar-refractivity contribution in [1.82, 2.24) is 0 Å². The first kappa shape index (κ1) is 14.0. The molecule has 106 valence electrons. The third-order valence-corrected chi connectivity index (χ3v) is 4.89. The van der Waals surface area contributed by atoms with Crippen molar-refractivity contribution in [2.45, 2.75) is 0 Å². The lowest BCUT2D eigenvalue weighted by Gasteiger charge is -2.06. The van der Waals surface area contributed by atoms with Crippen LogP contribution in [-0.4, -0.2) is 5.91 Å². The number of hydrogen-bond donors (Lipinski definition) is 2. The monoisotopic (exact) mass is 364 g/mol. The average Bonchev–Trinajstić information content (AvgIpc) is 2.81. The Morgan fingerprint density at radius 1 is 1.24 bits per heavy atom. The maximum Gasteiger partial charge on any atom is 0.267 e. The maximum absolute atomic E-state index is 13.3. The first-order chi connectivity index (χ1) is 10.1. The highest BCUT2D eigenvalue weighted by molar-refractivity contribution is 9.10. The zero-order valence-corrected chi connectivity index (χ0v) is 13.1. The molecule has 0 bridgehead atoms. The number of carbonyl (C=O) groups is 1. The first-order valence-electron chi connectivity index (χ1n) is 6.09. The molecule has 3 nitrogen and oxygen atoms in total. The average molecular weight is 365 g/mol. The zero-order valence-electron chi connectivity index (χ0n) is 10.7. The topological polar surface area (TPSA) is 55.1 Å². The number of thiophene rings is 1. The Kier molecular flexibility index (Phi) is 3.65. The van der Waals surface area contributed by atoms with Gasteiger partial charge in [-0.05, 0) is 40.2 Å². The van der Waals surface area contributed by atoms with Crippen molar-refractivity contribution < 1.29 is 9.18 Å². The molecule has 0 fully saturated rings. The molecule has 6 heteroatoms. The Balaban J connectivity index is 1.97. The van der Waals surface area contributed by atoms with Gasteiger partial charge in [-0.15, -0.1) is 11.3 Å². The van der Waals surface area contributed by atoms with Crippen LogP contribution in [-0.2, 0) is 0 Å². The molecule has 0 aliphatic heterocycles. The predicted octanol–water partition coefficient (Wildman–Crippen LogP) is 4.64. The van der Waals surface area contributed by atoms with E-state index >= 15 is 0 Å². The molecule has 3 rings (SSSR count). The van der Waals surface area contributed by atoms with E-state index in [9.17, 15) is 9.18 Å². The van der Waals surface area contributed by atoms with Crippen molar-refractivity contribution in [1.29, 1.82) is 0 Å². The molecule has 0 saturated heterocycles. The van der Waals surface area contributed by atoms with Crippen LogP contribution in [0.4, 0.5) is 15.8 Å². The minimum Gasteiger partial charge on any atom is -0.397 e. The molecule has 0 spiro atoms. The minimum atomic E-state index is -0.419. The second kappa shape index (κ2) is 5.46. The highest BCUT2D eigenvalue weighted by Gasteiger charge is 2.17. The fraction of sp³-hybridized carbons (Fsp3) is 0. The van der Waals surface area contributed by atoms with Crippen LogP contribution in [0.15, 0.2) is 46.9 Å². The van der Waals surface area contributed by atoms with Gasteiger partial charge in [0.1, 0.15) is 10.7 Å². The number of hydrogen-bond acceptors (Lipinski definition) is 3. The van der Waals surface area contributed by atoms with Gasteiger partial charge in [-0.2, -0.15) is 0 Å². The van der Waals surface area contributed by atoms with Gasteiger partial charge >= 0.3 is 0 Å². The van der Waals surface area contributed by atoms with Crippen LogP contribution >= 0.6 is 27.3 Å². The van der Waals surface area contributed by atoms with Crippen LogP contribution in [0.2, 0.25) is 0 Å². The van der Waals surface area contributed by atoms with Crippen molar-refractivity contribution in [3.8, 4) is 0 Å². The van der Waals surface area contributed by atoms with Crippen LogP contribution in [0.5, 0.6) is 0 Å². The lowest BCUT2D eigenvalue weighted by Crippen LogP contribution is -2.12. The number of nitrogens with one attached hydrogen (secondary N) is 1. The van der Waals surface area contributed by atoms with Crippen LogP contribution < -0.4 is 11.1 Å². The number of amides is 1. The largest absolute Gasteiger partial charge is 0.397 e. The molecule has 0 aliphatic carbocycles. The van der Waals surface area contributed by atoms with Gasteiger partial charge in [0.2, 0.25) is 0 Å². The highest BCUT2D eigenvalue weighted by atomic mass is 79.9. The Hall–Kier alpha value is -1.92. The summed E-state index contributed by atoms with van der Waals surface area (Å²) in [5, 5.41) is 3.53. The van der Waals surface area contributed by atoms with Crippen LogP contribution in [0.3, 0.4) is 0 Å². The SMILES string of the molecule is Nc1c(C(=O)Nc2cc(F)ccc2Br)sc2ccccc12. The molecule has 1 amide bonds. The molecule has 2 aromatic carbocycles. The van der Waals surface area contributed by atoms with E-state index in [1.165, 1.54) is 23.5 Å². The Morgan fingerprint density at radius 3 is 2.76 bits per heavy atom. The Bertz CT molecular complexity index is 847. The summed E-state index contributed by atoms with van der Waals surface area (Å²) in [6.07, 6.45) is 0. The fourth-order valence-electron chi connectivity index (χ4n) is 2.01. The number of fused-ring (bicyclic) bond motifs is 1. The number of nitrogens with two attached hydrogens (primary N) is 1. The normalized spacial score (nSPS) is 10.8. The summed E-state index contributed by atoms with van der Waals surface area (Å²) in [6, 6.07) is 11.7. The molecule has 3 aromatic rings. The second-order valence-corrected chi connectivity index (χ2v) is 6.33. The molecule has 0 saturated carbocycles. The van der Waals surface area contributed by atoms with E-state index in [4.69, 9.17) is 5.73 Å². The number of rotatable bonds is 2. The molecule has 1 heterocycles. The molecule has 3 N–H and O–H groups in total. The number of benzene rings is 2. The lowest BCUT2D eigenvalue weighted by atomic mass is 10.2. The van der Waals surface area contributed by atoms with Crippen molar-refractivity contribution in [2.24, 2.45) is 0 Å². The van der Waals surface area contributed by atoms with Crippen LogP contribution in [0.25, 0.3) is 10.1 Å². The number of halogens is 2. The van der Waals surface area contributed by atoms with E-state index in [-0.39, 0.29) is 5.91 Å². The third kappa shape index (κ3) is 2.64. The van der Waals surface area contributed by atoms with E-state index in [0.717, 1.165) is 10.1 Å². The van der Waals surface area contributed by atoms with Gasteiger partial charge in [-0.1, -0.05) is 18.2 Å². The smallest absolute Gasteiger partial charge is 0.267 e. The zero-order chi connectivity index (χ0) is 15.0. The van der Waals surface area contributed by atoms with Crippen molar-refractivity contribution in [3.63, 3.8) is 0 Å². The third-order valence-electron chi connectivity index (χ3n) is 3.02. The van der Waals surface area contributed by atoms with Gasteiger partial charge in [0.15, 0.2) is 0 Å². The highest BCUT2D eigenvalue weighted by Crippen LogP contribution is 2.34. The van der Waals surface area contributed by atoms with Crippen molar-refractivity contribution >= 4 is 54.6 Å². The molecule has 0 atom stereocenters. The Labute approximate surface area is 132 Å². The minimum absolute atomic E-state index is 0.347. The van der Waals surface area contributed by atoms with E-state index in [1.807, 2.05) is 24.3 Å². The molecular formula is C15H10BrFN2OS. The number of anilines is 2. The predicted molar refractivity (Wildman–Crippen MR) is 88.3 cm³/mol. The molecule has 0 aliphatic rings. The van der Waals surface area contributed by atoms with Gasteiger partial charge in [-0.25, -0.2) is 4.39 Å². The standard InChI is InChI=1S/C15H10BrFN2OS/c16-10-6-5-8(17)7-11(10)19-15(20)14-13(18)9-3-1-2-4-12(9)21-14/h1-7H,18H2,(H,19,20). The Morgan fingerprint density at radius 2 is 2.00 bits per heavy atom. The summed E-state index contributed by atoms with van der Waals surface area (Å²) >= 11 is 4.59. The summed E-state index contributed by atoms with van der Waals surface area (Å²) in [5.74, 6) is -0.766. The molecule has 0 radical (unpaired) electrons. The fourth-order valence-corrected chi connectivity index (χ4v) is 3.37. The molecule has 1 aromatic heterocycles. The maximum atomic E-state index is 13.3. The van der Waals surface area contributed by atoms with E-state index in [1.54, 1.807) is 6.07 Å². The number of nitrogen functional groups attached to an aromatic ring is 1. The van der Waals surface area contributed by atoms with Gasteiger partial charge in [0, 0.05) is 14.6 Å². The van der Waals surface area contributed by atoms with Crippen LogP contribution in [0.1, 0.15) is 9.67 Å². The summed E-state index contributed by atoms with van der Waals surface area (Å²) in [7, 11) is 0. The summed E-state index contributed by atoms with van der Waals surface area (Å²) in [4.78, 5) is 12.8. The summed E-state index contributed by atoms with van der Waals surface area (Å²) in [5.41, 5.74) is 6.84. The van der Waals surface area contributed by atoms with Gasteiger partial charge in [0.05, 0.1) is 11.4 Å². The number of carbonyl (C=O) groups excluding carboxylic acids is 1. The van der Waals surface area contributed by atoms with Gasteiger partial charge in [-0.3, -0.25) is 4.79 Å². The van der Waals surface area contributed by atoms with E-state index in [2.05, 4.69) is 21.2 Å². The lowest BCUT2D eigenvalue weighted by molar-refractivity contribution is 0.103. The quantitative estimate of drug-likeness (QED) is 0.695. The molecule has 21 heavy (non-hydrogen) atoms. The van der Waals surface area contributed by atoms with E-state index in [0.29, 0.717) is 20.7 Å². The van der Waals surface area contributed by atoms with Crippen LogP contribution in [0, 0.1) is 5.82 Å². The molecule has 0 unspecified atom stereocenters. The van der Waals surface area contributed by atoms with E-state index < -0.39 is 5.82 Å². The van der Waals surface area contributed by atoms with Gasteiger partial charge < -0.3 is 11.1 Å². The van der Waals surface area contributed by atoms with Gasteiger partial charge in [0.25, 0.3) is 5.91 Å². The summed E-state index contributed by atoms with van der Waals surface area (Å²) < 4.78 is 14.8.